The third kappa shape index (κ3) is 5.58. The molecule has 0 spiro atoms. The van der Waals surface area contributed by atoms with Gasteiger partial charge in [0, 0.05) is 12.1 Å². The predicted octanol–water partition coefficient (Wildman–Crippen LogP) is 4.91. The van der Waals surface area contributed by atoms with Crippen molar-refractivity contribution in [2.45, 2.75) is 18.4 Å². The lowest BCUT2D eigenvalue weighted by Gasteiger charge is -2.12. The van der Waals surface area contributed by atoms with Crippen molar-refractivity contribution in [1.29, 1.82) is 0 Å². The van der Waals surface area contributed by atoms with Crippen molar-refractivity contribution >= 4 is 44.8 Å². The van der Waals surface area contributed by atoms with Crippen LogP contribution in [0.3, 0.4) is 0 Å². The number of aryl methyl sites for hydroxylation is 1. The Morgan fingerprint density at radius 3 is 2.20 bits per heavy atom. The molecule has 0 aromatic heterocycles. The smallest absolute Gasteiger partial charge is 0.339 e. The van der Waals surface area contributed by atoms with Crippen molar-refractivity contribution < 1.29 is 27.1 Å². The van der Waals surface area contributed by atoms with E-state index in [0.717, 1.165) is 22.2 Å². The van der Waals surface area contributed by atoms with E-state index in [1.165, 1.54) is 54.6 Å². The summed E-state index contributed by atoms with van der Waals surface area (Å²) in [4.78, 5) is 36.7. The monoisotopic (exact) mass is 510 g/mol. The molecule has 178 valence electrons. The maximum Gasteiger partial charge on any atom is 0.339 e. The average Bonchev–Trinajstić information content (AvgIpc) is 3.08. The Balaban J connectivity index is 1.45. The van der Waals surface area contributed by atoms with Gasteiger partial charge in [-0.05, 0) is 60.2 Å². The van der Waals surface area contributed by atoms with Crippen LogP contribution in [0.5, 0.6) is 5.75 Å². The minimum Gasteiger partial charge on any atom is -0.379 e. The van der Waals surface area contributed by atoms with Crippen LogP contribution in [0.1, 0.15) is 16.7 Å². The van der Waals surface area contributed by atoms with Gasteiger partial charge in [-0.15, -0.1) is 0 Å². The minimum atomic E-state index is -3.99. The molecule has 1 fully saturated rings. The van der Waals surface area contributed by atoms with E-state index in [4.69, 9.17) is 4.18 Å². The highest BCUT2D eigenvalue weighted by Crippen LogP contribution is 2.33. The Labute approximate surface area is 205 Å². The van der Waals surface area contributed by atoms with Crippen LogP contribution >= 0.6 is 11.8 Å². The molecule has 0 aliphatic carbocycles. The molecule has 0 atom stereocenters. The molecule has 0 radical (unpaired) electrons. The Morgan fingerprint density at radius 1 is 0.971 bits per heavy atom. The molecule has 1 saturated heterocycles. The summed E-state index contributed by atoms with van der Waals surface area (Å²) in [6.07, 6.45) is 1.53. The van der Waals surface area contributed by atoms with Crippen molar-refractivity contribution in [2.75, 3.05) is 0 Å². The van der Waals surface area contributed by atoms with Crippen molar-refractivity contribution in [3.8, 4) is 5.75 Å². The molecule has 0 saturated carbocycles. The van der Waals surface area contributed by atoms with Crippen molar-refractivity contribution in [2.24, 2.45) is 0 Å². The van der Waals surface area contributed by atoms with E-state index in [9.17, 15) is 28.1 Å². The number of nitro groups is 1. The van der Waals surface area contributed by atoms with E-state index in [1.807, 2.05) is 6.92 Å². The molecular formula is C24H18N2O7S2. The van der Waals surface area contributed by atoms with E-state index in [1.54, 1.807) is 24.3 Å². The van der Waals surface area contributed by atoms with Crippen molar-refractivity contribution in [3.05, 3.63) is 105 Å². The number of nitro benzene ring substituents is 1. The van der Waals surface area contributed by atoms with Crippen molar-refractivity contribution in [3.63, 3.8) is 0 Å². The van der Waals surface area contributed by atoms with Crippen LogP contribution in [-0.4, -0.2) is 29.4 Å². The van der Waals surface area contributed by atoms with Gasteiger partial charge in [-0.25, -0.2) is 0 Å². The number of amides is 2. The summed E-state index contributed by atoms with van der Waals surface area (Å²) in [5.74, 6) is -0.380. The van der Waals surface area contributed by atoms with E-state index in [-0.39, 0.29) is 27.8 Å². The number of rotatable bonds is 7. The molecule has 9 nitrogen and oxygen atoms in total. The second-order valence-electron chi connectivity index (χ2n) is 7.61. The Kier molecular flexibility index (Phi) is 6.72. The summed E-state index contributed by atoms with van der Waals surface area (Å²) in [5, 5.41) is 10.3. The zero-order chi connectivity index (χ0) is 25.2. The molecule has 0 N–H and O–H groups in total. The summed E-state index contributed by atoms with van der Waals surface area (Å²) >= 11 is 0.780. The molecule has 1 aliphatic rings. The zero-order valence-electron chi connectivity index (χ0n) is 18.3. The topological polar surface area (TPSA) is 124 Å². The lowest BCUT2D eigenvalue weighted by atomic mass is 10.2. The minimum absolute atomic E-state index is 0.0103. The standard InChI is InChI=1S/C24H18N2O7S2/c1-16-2-12-21(13-3-16)35(31,32)33-20-10-6-17(7-11-20)14-22-23(27)25(24(28)34-22)15-18-4-8-19(9-5-18)26(29)30/h2-14H,15H2,1H3/b22-14-. The highest BCUT2D eigenvalue weighted by molar-refractivity contribution is 8.18. The number of hydrogen-bond acceptors (Lipinski definition) is 8. The van der Waals surface area contributed by atoms with Gasteiger partial charge in [0.2, 0.25) is 0 Å². The SMILES string of the molecule is Cc1ccc(S(=O)(=O)Oc2ccc(/C=C3\SC(=O)N(Cc4ccc([N+](=O)[O-])cc4)C3=O)cc2)cc1. The molecule has 0 unspecified atom stereocenters. The molecule has 3 aromatic carbocycles. The fraction of sp³-hybridized carbons (Fsp3) is 0.0833. The van der Waals surface area contributed by atoms with Crippen LogP contribution in [0.15, 0.2) is 82.6 Å². The molecule has 1 aliphatic heterocycles. The van der Waals surface area contributed by atoms with Crippen LogP contribution in [0.4, 0.5) is 10.5 Å². The number of carbonyl (C=O) groups excluding carboxylic acids is 2. The summed E-state index contributed by atoms with van der Waals surface area (Å²) in [6, 6.07) is 18.0. The van der Waals surface area contributed by atoms with E-state index in [0.29, 0.717) is 11.1 Å². The first kappa shape index (κ1) is 24.2. The molecule has 3 aromatic rings. The maximum atomic E-state index is 12.7. The van der Waals surface area contributed by atoms with Gasteiger partial charge in [0.05, 0.1) is 16.4 Å². The first-order valence-corrected chi connectivity index (χ1v) is 12.4. The van der Waals surface area contributed by atoms with E-state index < -0.39 is 26.2 Å². The van der Waals surface area contributed by atoms with Crippen LogP contribution in [0, 0.1) is 17.0 Å². The normalized spacial score (nSPS) is 15.0. The number of benzene rings is 3. The third-order valence-corrected chi connectivity index (χ3v) is 7.22. The highest BCUT2D eigenvalue weighted by atomic mass is 32.2. The summed E-state index contributed by atoms with van der Waals surface area (Å²) in [7, 11) is -3.99. The molecule has 1 heterocycles. The second-order valence-corrected chi connectivity index (χ2v) is 10.2. The lowest BCUT2D eigenvalue weighted by Crippen LogP contribution is -2.27. The summed E-state index contributed by atoms with van der Waals surface area (Å²) in [6.45, 7) is 1.84. The molecule has 0 bridgehead atoms. The van der Waals surface area contributed by atoms with Crippen LogP contribution in [-0.2, 0) is 21.5 Å². The highest BCUT2D eigenvalue weighted by Gasteiger charge is 2.35. The first-order chi connectivity index (χ1) is 16.6. The number of hydrogen-bond donors (Lipinski definition) is 0. The molecular weight excluding hydrogens is 492 g/mol. The molecule has 35 heavy (non-hydrogen) atoms. The fourth-order valence-corrected chi connectivity index (χ4v) is 4.96. The van der Waals surface area contributed by atoms with Gasteiger partial charge in [-0.3, -0.25) is 24.6 Å². The fourth-order valence-electron chi connectivity index (χ4n) is 3.19. The molecule has 4 rings (SSSR count). The van der Waals surface area contributed by atoms with Gasteiger partial charge in [-0.1, -0.05) is 42.0 Å². The van der Waals surface area contributed by atoms with Gasteiger partial charge in [0.25, 0.3) is 16.8 Å². The number of non-ortho nitro benzene ring substituents is 1. The van der Waals surface area contributed by atoms with Gasteiger partial charge in [0.1, 0.15) is 10.6 Å². The average molecular weight is 511 g/mol. The maximum absolute atomic E-state index is 12.7. The number of imide groups is 1. The molecule has 2 amide bonds. The van der Waals surface area contributed by atoms with E-state index >= 15 is 0 Å². The summed E-state index contributed by atoms with van der Waals surface area (Å²) in [5.41, 5.74) is 1.99. The largest absolute Gasteiger partial charge is 0.379 e. The van der Waals surface area contributed by atoms with Gasteiger partial charge in [-0.2, -0.15) is 8.42 Å². The van der Waals surface area contributed by atoms with Gasteiger partial charge >= 0.3 is 10.1 Å². The summed E-state index contributed by atoms with van der Waals surface area (Å²) < 4.78 is 30.0. The van der Waals surface area contributed by atoms with Crippen LogP contribution in [0.2, 0.25) is 0 Å². The predicted molar refractivity (Wildman–Crippen MR) is 130 cm³/mol. The number of carbonyl (C=O) groups is 2. The van der Waals surface area contributed by atoms with E-state index in [2.05, 4.69) is 0 Å². The molecule has 11 heteroatoms. The third-order valence-electron chi connectivity index (χ3n) is 5.05. The van der Waals surface area contributed by atoms with Gasteiger partial charge in [0.15, 0.2) is 0 Å². The number of thioether (sulfide) groups is 1. The van der Waals surface area contributed by atoms with Gasteiger partial charge < -0.3 is 4.18 Å². The zero-order valence-corrected chi connectivity index (χ0v) is 19.9. The quantitative estimate of drug-likeness (QED) is 0.190. The van der Waals surface area contributed by atoms with Crippen molar-refractivity contribution in [1.82, 2.24) is 4.90 Å². The Morgan fingerprint density at radius 2 is 1.60 bits per heavy atom. The first-order valence-electron chi connectivity index (χ1n) is 10.2. The second kappa shape index (κ2) is 9.72. The lowest BCUT2D eigenvalue weighted by molar-refractivity contribution is -0.384. The van der Waals surface area contributed by atoms with Crippen LogP contribution < -0.4 is 4.18 Å². The number of nitrogens with zero attached hydrogens (tertiary/aromatic N) is 2. The Hall–Kier alpha value is -3.96. The van der Waals surface area contributed by atoms with Crippen LogP contribution in [0.25, 0.3) is 6.08 Å². The Bertz CT molecular complexity index is 1430.